The molecule has 128 valence electrons. The summed E-state index contributed by atoms with van der Waals surface area (Å²) < 4.78 is 1.69. The Bertz CT molecular complexity index is 1080. The number of nitrogens with one attached hydrogen (secondary N) is 2. The van der Waals surface area contributed by atoms with E-state index in [0.717, 1.165) is 28.1 Å². The van der Waals surface area contributed by atoms with Crippen LogP contribution in [-0.4, -0.2) is 21.6 Å². The molecule has 0 aliphatic carbocycles. The maximum absolute atomic E-state index is 13.0. The quantitative estimate of drug-likeness (QED) is 0.713. The third-order valence-corrected chi connectivity index (χ3v) is 5.18. The largest absolute Gasteiger partial charge is 0.325 e. The van der Waals surface area contributed by atoms with Gasteiger partial charge in [-0.25, -0.2) is 4.68 Å². The second kappa shape index (κ2) is 5.05. The summed E-state index contributed by atoms with van der Waals surface area (Å²) in [6.45, 7) is 2.00. The first-order valence-corrected chi connectivity index (χ1v) is 8.46. The monoisotopic (exact) mass is 344 g/mol. The smallest absolute Gasteiger partial charge is 0.240 e. The number of nitrogens with zero attached hydrogens (tertiary/aromatic N) is 2. The topological polar surface area (TPSA) is 76.0 Å². The van der Waals surface area contributed by atoms with E-state index in [1.54, 1.807) is 10.9 Å². The molecule has 26 heavy (non-hydrogen) atoms. The molecule has 0 bridgehead atoms. The number of hydrogen-bond acceptors (Lipinski definition) is 3. The van der Waals surface area contributed by atoms with Crippen molar-refractivity contribution < 1.29 is 9.59 Å². The van der Waals surface area contributed by atoms with Gasteiger partial charge in [-0.3, -0.25) is 9.59 Å². The van der Waals surface area contributed by atoms with Gasteiger partial charge in [-0.1, -0.05) is 30.3 Å². The van der Waals surface area contributed by atoms with Gasteiger partial charge in [0.25, 0.3) is 0 Å². The summed E-state index contributed by atoms with van der Waals surface area (Å²) in [5.41, 5.74) is 3.20. The summed E-state index contributed by atoms with van der Waals surface area (Å²) >= 11 is 0. The fraction of sp³-hybridized carbons (Fsp3) is 0.150. The number of amides is 2. The lowest BCUT2D eigenvalue weighted by molar-refractivity contribution is -0.125. The number of hydrogen-bond donors (Lipinski definition) is 2. The number of carbonyl (C=O) groups excluding carboxylic acids is 2. The lowest BCUT2D eigenvalue weighted by Gasteiger charge is -2.31. The van der Waals surface area contributed by atoms with E-state index < -0.39 is 5.41 Å². The zero-order valence-corrected chi connectivity index (χ0v) is 14.1. The molecule has 2 N–H and O–H groups in total. The Labute approximate surface area is 149 Å². The van der Waals surface area contributed by atoms with E-state index in [0.29, 0.717) is 5.82 Å². The fourth-order valence-electron chi connectivity index (χ4n) is 4.01. The van der Waals surface area contributed by atoms with Gasteiger partial charge in [0.1, 0.15) is 11.2 Å². The molecule has 5 rings (SSSR count). The normalized spacial score (nSPS) is 20.5. The Morgan fingerprint density at radius 1 is 1.04 bits per heavy atom. The Morgan fingerprint density at radius 3 is 2.73 bits per heavy atom. The first-order chi connectivity index (χ1) is 12.6. The molecular weight excluding hydrogens is 328 g/mol. The standard InChI is InChI=1S/C20H16N4O2/c1-12-5-4-6-13(9-12)24-18-15(11-21-24)20(10-17(25)23-18)14-7-2-3-8-16(14)22-19(20)26/h2-9,11H,10H2,1H3,(H,22,26)(H,23,25)/t20-/m0/s1. The molecule has 0 unspecified atom stereocenters. The van der Waals surface area contributed by atoms with Crippen molar-refractivity contribution in [3.05, 3.63) is 71.4 Å². The summed E-state index contributed by atoms with van der Waals surface area (Å²) in [6.07, 6.45) is 1.77. The van der Waals surface area contributed by atoms with Crippen molar-refractivity contribution >= 4 is 23.3 Å². The number of aryl methyl sites for hydroxylation is 1. The summed E-state index contributed by atoms with van der Waals surface area (Å²) in [5.74, 6) is 0.177. The van der Waals surface area contributed by atoms with Crippen molar-refractivity contribution in [2.24, 2.45) is 0 Å². The highest BCUT2D eigenvalue weighted by molar-refractivity contribution is 6.14. The minimum atomic E-state index is -1.03. The summed E-state index contributed by atoms with van der Waals surface area (Å²) in [6, 6.07) is 15.4. The molecule has 1 atom stereocenters. The summed E-state index contributed by atoms with van der Waals surface area (Å²) in [4.78, 5) is 25.5. The predicted octanol–water partition coefficient (Wildman–Crippen LogP) is 2.76. The molecular formula is C20H16N4O2. The van der Waals surface area contributed by atoms with E-state index >= 15 is 0 Å². The summed E-state index contributed by atoms with van der Waals surface area (Å²) in [7, 11) is 0. The van der Waals surface area contributed by atoms with E-state index in [2.05, 4.69) is 15.7 Å². The number of rotatable bonds is 1. The van der Waals surface area contributed by atoms with Gasteiger partial charge in [0, 0.05) is 17.7 Å². The van der Waals surface area contributed by atoms with E-state index in [-0.39, 0.29) is 18.2 Å². The molecule has 1 aromatic heterocycles. The number of aromatic nitrogens is 2. The molecule has 0 saturated carbocycles. The Morgan fingerprint density at radius 2 is 1.88 bits per heavy atom. The van der Waals surface area contributed by atoms with Gasteiger partial charge < -0.3 is 10.6 Å². The molecule has 0 fully saturated rings. The van der Waals surface area contributed by atoms with E-state index in [1.165, 1.54) is 0 Å². The van der Waals surface area contributed by atoms with Gasteiger partial charge in [0.2, 0.25) is 11.8 Å². The van der Waals surface area contributed by atoms with Crippen molar-refractivity contribution in [2.45, 2.75) is 18.8 Å². The van der Waals surface area contributed by atoms with Crippen LogP contribution in [0.1, 0.15) is 23.1 Å². The first kappa shape index (κ1) is 14.9. The van der Waals surface area contributed by atoms with Gasteiger partial charge in [-0.05, 0) is 36.2 Å². The average molecular weight is 344 g/mol. The van der Waals surface area contributed by atoms with Crippen molar-refractivity contribution in [1.29, 1.82) is 0 Å². The highest BCUT2D eigenvalue weighted by atomic mass is 16.2. The maximum atomic E-state index is 13.0. The molecule has 2 aliphatic rings. The molecule has 0 saturated heterocycles. The third-order valence-electron chi connectivity index (χ3n) is 5.18. The van der Waals surface area contributed by atoms with Gasteiger partial charge in [-0.2, -0.15) is 5.10 Å². The number of benzene rings is 2. The molecule has 2 aromatic carbocycles. The number of anilines is 2. The minimum absolute atomic E-state index is 0.0718. The molecule has 6 nitrogen and oxygen atoms in total. The Balaban J connectivity index is 1.77. The first-order valence-electron chi connectivity index (χ1n) is 8.46. The number of para-hydroxylation sites is 1. The van der Waals surface area contributed by atoms with Crippen LogP contribution in [0.25, 0.3) is 5.69 Å². The zero-order chi connectivity index (χ0) is 17.9. The lowest BCUT2D eigenvalue weighted by Crippen LogP contribution is -2.43. The molecule has 0 radical (unpaired) electrons. The van der Waals surface area contributed by atoms with Crippen LogP contribution in [0.2, 0.25) is 0 Å². The van der Waals surface area contributed by atoms with Crippen LogP contribution in [0.4, 0.5) is 11.5 Å². The SMILES string of the molecule is Cc1cccc(-n2ncc3c2NC(=O)C[C@@]32C(=O)Nc3ccccc32)c1. The van der Waals surface area contributed by atoms with Crippen LogP contribution in [0.3, 0.4) is 0 Å². The van der Waals surface area contributed by atoms with Gasteiger partial charge >= 0.3 is 0 Å². The maximum Gasteiger partial charge on any atom is 0.240 e. The van der Waals surface area contributed by atoms with Crippen molar-refractivity contribution in [1.82, 2.24) is 9.78 Å². The fourth-order valence-corrected chi connectivity index (χ4v) is 4.01. The van der Waals surface area contributed by atoms with E-state index in [4.69, 9.17) is 0 Å². The van der Waals surface area contributed by atoms with Crippen molar-refractivity contribution in [3.63, 3.8) is 0 Å². The number of carbonyl (C=O) groups is 2. The highest BCUT2D eigenvalue weighted by Crippen LogP contribution is 2.49. The predicted molar refractivity (Wildman–Crippen MR) is 97.4 cm³/mol. The van der Waals surface area contributed by atoms with Crippen molar-refractivity contribution in [3.8, 4) is 5.69 Å². The molecule has 2 amide bonds. The van der Waals surface area contributed by atoms with Crippen LogP contribution in [0, 0.1) is 6.92 Å². The van der Waals surface area contributed by atoms with Crippen LogP contribution in [-0.2, 0) is 15.0 Å². The Kier molecular flexibility index (Phi) is 2.89. The highest BCUT2D eigenvalue weighted by Gasteiger charge is 2.54. The second-order valence-electron chi connectivity index (χ2n) is 6.79. The van der Waals surface area contributed by atoms with E-state index in [1.807, 2.05) is 55.5 Å². The lowest BCUT2D eigenvalue weighted by atomic mass is 9.72. The molecule has 2 aliphatic heterocycles. The van der Waals surface area contributed by atoms with Crippen LogP contribution in [0.5, 0.6) is 0 Å². The van der Waals surface area contributed by atoms with Crippen LogP contribution in [0.15, 0.2) is 54.7 Å². The van der Waals surface area contributed by atoms with Crippen LogP contribution < -0.4 is 10.6 Å². The van der Waals surface area contributed by atoms with Crippen LogP contribution >= 0.6 is 0 Å². The zero-order valence-electron chi connectivity index (χ0n) is 14.1. The van der Waals surface area contributed by atoms with Crippen molar-refractivity contribution in [2.75, 3.05) is 10.6 Å². The van der Waals surface area contributed by atoms with Gasteiger partial charge in [0.05, 0.1) is 11.9 Å². The number of fused-ring (bicyclic) bond motifs is 4. The second-order valence-corrected chi connectivity index (χ2v) is 6.79. The molecule has 3 heterocycles. The summed E-state index contributed by atoms with van der Waals surface area (Å²) in [5, 5.41) is 10.3. The Hall–Kier alpha value is -3.41. The van der Waals surface area contributed by atoms with E-state index in [9.17, 15) is 9.59 Å². The molecule has 6 heteroatoms. The average Bonchev–Trinajstić information content (AvgIpc) is 3.16. The van der Waals surface area contributed by atoms with Gasteiger partial charge in [0.15, 0.2) is 0 Å². The molecule has 1 spiro atoms. The minimum Gasteiger partial charge on any atom is -0.325 e. The third kappa shape index (κ3) is 1.84. The molecule has 3 aromatic rings. The van der Waals surface area contributed by atoms with Gasteiger partial charge in [-0.15, -0.1) is 0 Å².